The number of imidazole rings is 1. The van der Waals surface area contributed by atoms with Gasteiger partial charge in [0.1, 0.15) is 23.3 Å². The number of nitrogens with zero attached hydrogens (tertiary/aromatic N) is 2. The number of hydrogen-bond acceptors (Lipinski definition) is 8. The second-order valence-electron chi connectivity index (χ2n) is 16.5. The van der Waals surface area contributed by atoms with Crippen LogP contribution >= 0.6 is 0 Å². The minimum Gasteiger partial charge on any atom is -0.469 e. The molecule has 3 N–H and O–H groups in total. The van der Waals surface area contributed by atoms with Crippen molar-refractivity contribution in [3.8, 4) is 0 Å². The van der Waals surface area contributed by atoms with Crippen molar-refractivity contribution in [2.75, 3.05) is 7.11 Å². The highest BCUT2D eigenvalue weighted by Crippen LogP contribution is 2.43. The first-order valence-corrected chi connectivity index (χ1v) is 21.6. The monoisotopic (exact) mass is 770 g/mol. The number of methoxy groups -OCH3 is 1. The first-order valence-electron chi connectivity index (χ1n) is 18.7. The van der Waals surface area contributed by atoms with Gasteiger partial charge in [0.15, 0.2) is 8.32 Å². The normalized spacial score (nSPS) is 15.2. The zero-order valence-electron chi connectivity index (χ0n) is 34.0. The Hall–Kier alpha value is -4.78. The summed E-state index contributed by atoms with van der Waals surface area (Å²) in [7, 11) is -1.48. The summed E-state index contributed by atoms with van der Waals surface area (Å²) in [4.78, 5) is 45.3. The molecule has 11 nitrogen and oxygen atoms in total. The molecule has 0 aliphatic heterocycles. The number of amides is 2. The molecule has 0 saturated carbocycles. The summed E-state index contributed by atoms with van der Waals surface area (Å²) in [5, 5.41) is 16.4. The van der Waals surface area contributed by atoms with Crippen LogP contribution in [0.1, 0.15) is 83.9 Å². The highest BCUT2D eigenvalue weighted by atomic mass is 28.4. The summed E-state index contributed by atoms with van der Waals surface area (Å²) in [6.45, 7) is 18.7. The van der Waals surface area contributed by atoms with E-state index < -0.39 is 67.6 Å². The molecule has 12 heteroatoms. The Kier molecular flexibility index (Phi) is 13.5. The number of aromatic nitrogens is 2. The van der Waals surface area contributed by atoms with Crippen LogP contribution in [0.5, 0.6) is 0 Å². The van der Waals surface area contributed by atoms with E-state index in [4.69, 9.17) is 18.9 Å². The van der Waals surface area contributed by atoms with Crippen molar-refractivity contribution in [3.05, 3.63) is 126 Å². The van der Waals surface area contributed by atoms with E-state index in [0.717, 1.165) is 16.7 Å². The van der Waals surface area contributed by atoms with Gasteiger partial charge in [0.05, 0.1) is 37.2 Å². The number of rotatable bonds is 14. The summed E-state index contributed by atoms with van der Waals surface area (Å²) in [5.41, 5.74) is 1.54. The first kappa shape index (κ1) is 43.0. The first-order chi connectivity index (χ1) is 25.7. The van der Waals surface area contributed by atoms with Crippen molar-refractivity contribution in [2.24, 2.45) is 5.92 Å². The van der Waals surface area contributed by atoms with Gasteiger partial charge in [-0.2, -0.15) is 0 Å². The van der Waals surface area contributed by atoms with E-state index in [1.165, 1.54) is 14.0 Å². The van der Waals surface area contributed by atoms with Crippen molar-refractivity contribution in [2.45, 2.75) is 109 Å². The van der Waals surface area contributed by atoms with Gasteiger partial charge in [-0.1, -0.05) is 112 Å². The fourth-order valence-corrected chi connectivity index (χ4v) is 7.56. The van der Waals surface area contributed by atoms with Crippen LogP contribution in [0.4, 0.5) is 4.79 Å². The number of esters is 1. The maximum absolute atomic E-state index is 14.5. The summed E-state index contributed by atoms with van der Waals surface area (Å²) in [6.07, 6.45) is 0.369. The van der Waals surface area contributed by atoms with E-state index in [2.05, 4.69) is 80.9 Å². The summed E-state index contributed by atoms with van der Waals surface area (Å²) in [5.74, 6) is -2.22. The standard InChI is InChI=1S/C43H58N4O7Si/c1-29(39(50)52-9)36(48)30(2)45-38(49)35(46-40(51)53-41(3,4)5)37(54-55(10,11)42(6,7)8)34-27-47(28-44-34)43(31-21-15-12-16-22-31,32-23-17-13-18-24-32)33-25-19-14-20-26-33/h12-30,35-37,48H,1-11H3,(H,45,49)(H,46,51)/t29-,30+,35-,36-,37-/m0/s1. The third-order valence-corrected chi connectivity index (χ3v) is 14.8. The van der Waals surface area contributed by atoms with E-state index >= 15 is 0 Å². The molecule has 55 heavy (non-hydrogen) atoms. The molecule has 296 valence electrons. The van der Waals surface area contributed by atoms with E-state index in [0.29, 0.717) is 5.69 Å². The number of benzene rings is 3. The van der Waals surface area contributed by atoms with Crippen LogP contribution in [0.3, 0.4) is 0 Å². The van der Waals surface area contributed by atoms with Gasteiger partial charge in [-0.15, -0.1) is 0 Å². The lowest BCUT2D eigenvalue weighted by Crippen LogP contribution is -2.57. The molecule has 5 atom stereocenters. The van der Waals surface area contributed by atoms with Gasteiger partial charge >= 0.3 is 12.1 Å². The zero-order valence-corrected chi connectivity index (χ0v) is 35.0. The Balaban J connectivity index is 1.96. The van der Waals surface area contributed by atoms with E-state index in [9.17, 15) is 19.5 Å². The molecule has 1 heterocycles. The predicted octanol–water partition coefficient (Wildman–Crippen LogP) is 7.35. The van der Waals surface area contributed by atoms with Crippen molar-refractivity contribution in [1.29, 1.82) is 0 Å². The van der Waals surface area contributed by atoms with Crippen LogP contribution in [-0.2, 0) is 29.0 Å². The second-order valence-corrected chi connectivity index (χ2v) is 21.3. The van der Waals surface area contributed by atoms with E-state index in [1.807, 2.05) is 65.4 Å². The maximum Gasteiger partial charge on any atom is 0.408 e. The van der Waals surface area contributed by atoms with Crippen LogP contribution < -0.4 is 10.6 Å². The summed E-state index contributed by atoms with van der Waals surface area (Å²) >= 11 is 0. The largest absolute Gasteiger partial charge is 0.469 e. The number of aliphatic hydroxyl groups excluding tert-OH is 1. The number of carbonyl (C=O) groups excluding carboxylic acids is 3. The molecule has 0 aliphatic rings. The quantitative estimate of drug-likeness (QED) is 0.0687. The Morgan fingerprint density at radius 3 is 1.67 bits per heavy atom. The molecule has 0 bridgehead atoms. The molecule has 0 fully saturated rings. The van der Waals surface area contributed by atoms with Gasteiger partial charge in [0.2, 0.25) is 5.91 Å². The van der Waals surface area contributed by atoms with Gasteiger partial charge in [0, 0.05) is 6.20 Å². The fraction of sp³-hybridized carbons (Fsp3) is 0.442. The molecular weight excluding hydrogens is 713 g/mol. The number of aliphatic hydroxyl groups is 1. The van der Waals surface area contributed by atoms with Gasteiger partial charge in [0.25, 0.3) is 0 Å². The lowest BCUT2D eigenvalue weighted by Gasteiger charge is -2.41. The third-order valence-electron chi connectivity index (χ3n) is 10.3. The number of carbonyl (C=O) groups is 3. The lowest BCUT2D eigenvalue weighted by molar-refractivity contribution is -0.149. The SMILES string of the molecule is COC(=O)[C@@H](C)[C@H](O)[C@@H](C)NC(=O)[C@@H](NC(=O)OC(C)(C)C)[C@@H](O[Si](C)(C)C(C)(C)C)c1cn(C(c2ccccc2)(c2ccccc2)c2ccccc2)cn1. The molecular formula is C43H58N4O7Si. The van der Waals surface area contributed by atoms with Crippen molar-refractivity contribution < 1.29 is 33.4 Å². The summed E-state index contributed by atoms with van der Waals surface area (Å²) < 4.78 is 19.6. The Labute approximate surface area is 326 Å². The van der Waals surface area contributed by atoms with Gasteiger partial charge in [-0.05, 0) is 69.4 Å². The van der Waals surface area contributed by atoms with E-state index in [-0.39, 0.29) is 5.04 Å². The smallest absolute Gasteiger partial charge is 0.408 e. The zero-order chi connectivity index (χ0) is 40.8. The average molecular weight is 771 g/mol. The van der Waals surface area contributed by atoms with Crippen LogP contribution in [0, 0.1) is 5.92 Å². The van der Waals surface area contributed by atoms with Crippen LogP contribution in [0.2, 0.25) is 18.1 Å². The second kappa shape index (κ2) is 17.3. The number of hydrogen-bond donors (Lipinski definition) is 3. The Morgan fingerprint density at radius 1 is 0.782 bits per heavy atom. The molecule has 0 spiro atoms. The van der Waals surface area contributed by atoms with Gasteiger partial charge < -0.3 is 34.2 Å². The molecule has 4 aromatic rings. The fourth-order valence-electron chi connectivity index (χ4n) is 6.32. The molecule has 0 unspecified atom stereocenters. The van der Waals surface area contributed by atoms with E-state index in [1.54, 1.807) is 34.0 Å². The topological polar surface area (TPSA) is 141 Å². The molecule has 0 saturated heterocycles. The number of nitrogens with one attached hydrogen (secondary N) is 2. The number of alkyl carbamates (subject to hydrolysis) is 1. The highest BCUT2D eigenvalue weighted by molar-refractivity contribution is 6.74. The Bertz CT molecular complexity index is 1770. The van der Waals surface area contributed by atoms with Crippen molar-refractivity contribution in [1.82, 2.24) is 20.2 Å². The molecule has 4 rings (SSSR count). The predicted molar refractivity (Wildman–Crippen MR) is 216 cm³/mol. The van der Waals surface area contributed by atoms with Crippen molar-refractivity contribution in [3.63, 3.8) is 0 Å². The molecule has 0 radical (unpaired) electrons. The Morgan fingerprint density at radius 2 is 1.25 bits per heavy atom. The van der Waals surface area contributed by atoms with Gasteiger partial charge in [-0.25, -0.2) is 9.78 Å². The molecule has 1 aromatic heterocycles. The molecule has 0 aliphatic carbocycles. The van der Waals surface area contributed by atoms with Crippen molar-refractivity contribution >= 4 is 26.3 Å². The highest BCUT2D eigenvalue weighted by Gasteiger charge is 2.46. The van der Waals surface area contributed by atoms with Crippen LogP contribution in [0.15, 0.2) is 104 Å². The maximum atomic E-state index is 14.5. The lowest BCUT2D eigenvalue weighted by atomic mass is 9.77. The third kappa shape index (κ3) is 9.91. The summed E-state index contributed by atoms with van der Waals surface area (Å²) in [6, 6.07) is 28.1. The van der Waals surface area contributed by atoms with Gasteiger partial charge in [-0.3, -0.25) is 9.59 Å². The van der Waals surface area contributed by atoms with Crippen LogP contribution in [0.25, 0.3) is 0 Å². The number of ether oxygens (including phenoxy) is 2. The minimum atomic E-state index is -2.72. The van der Waals surface area contributed by atoms with Crippen LogP contribution in [-0.4, -0.2) is 71.8 Å². The molecule has 2 amide bonds. The minimum absolute atomic E-state index is 0.304. The average Bonchev–Trinajstić information content (AvgIpc) is 3.62. The molecule has 3 aromatic carbocycles.